The average molecular weight is 339 g/mol. The third kappa shape index (κ3) is 5.40. The van der Waals surface area contributed by atoms with Crippen molar-refractivity contribution < 1.29 is 9.53 Å². The monoisotopic (exact) mass is 338 g/mol. The molecule has 0 radical (unpaired) electrons. The van der Waals surface area contributed by atoms with Gasteiger partial charge < -0.3 is 15.0 Å². The van der Waals surface area contributed by atoms with Crippen LogP contribution in [-0.2, 0) is 4.79 Å². The number of carbonyl (C=O) groups is 1. The standard InChI is InChI=1S/C18H26N2O2.ClH/c21-18(9-8-15-5-4-12-19-15)20-13-10-17(11-14-20)22-16-6-2-1-3-7-16;/h1-3,6-7,15,17,19H,4-5,8-14H2;1H. The Morgan fingerprint density at radius 2 is 1.91 bits per heavy atom. The van der Waals surface area contributed by atoms with Crippen molar-refractivity contribution in [3.63, 3.8) is 0 Å². The van der Waals surface area contributed by atoms with Crippen LogP contribution in [0, 0.1) is 0 Å². The van der Waals surface area contributed by atoms with Gasteiger partial charge in [-0.25, -0.2) is 0 Å². The fourth-order valence-corrected chi connectivity index (χ4v) is 3.37. The Labute approximate surface area is 145 Å². The van der Waals surface area contributed by atoms with Crippen molar-refractivity contribution in [1.82, 2.24) is 10.2 Å². The van der Waals surface area contributed by atoms with Crippen LogP contribution in [0.1, 0.15) is 38.5 Å². The van der Waals surface area contributed by atoms with Gasteiger partial charge in [-0.1, -0.05) is 18.2 Å². The molecular formula is C18H27ClN2O2. The number of ether oxygens (including phenoxy) is 1. The largest absolute Gasteiger partial charge is 0.490 e. The molecule has 2 fully saturated rings. The van der Waals surface area contributed by atoms with Crippen molar-refractivity contribution in [2.24, 2.45) is 0 Å². The zero-order valence-corrected chi connectivity index (χ0v) is 14.4. The zero-order valence-electron chi connectivity index (χ0n) is 13.6. The number of nitrogens with zero attached hydrogens (tertiary/aromatic N) is 1. The van der Waals surface area contributed by atoms with Crippen LogP contribution >= 0.6 is 12.4 Å². The molecule has 23 heavy (non-hydrogen) atoms. The lowest BCUT2D eigenvalue weighted by atomic mass is 10.1. The summed E-state index contributed by atoms with van der Waals surface area (Å²) in [6.45, 7) is 2.77. The highest BCUT2D eigenvalue weighted by atomic mass is 35.5. The predicted octanol–water partition coefficient (Wildman–Crippen LogP) is 3.01. The first-order chi connectivity index (χ1) is 10.8. The first-order valence-corrected chi connectivity index (χ1v) is 8.54. The van der Waals surface area contributed by atoms with Gasteiger partial charge >= 0.3 is 0 Å². The molecule has 2 aliphatic heterocycles. The van der Waals surface area contributed by atoms with Crippen LogP contribution in [0.25, 0.3) is 0 Å². The molecule has 1 aromatic rings. The van der Waals surface area contributed by atoms with Gasteiger partial charge in [0.1, 0.15) is 11.9 Å². The quantitative estimate of drug-likeness (QED) is 0.897. The van der Waals surface area contributed by atoms with Crippen molar-refractivity contribution in [2.75, 3.05) is 19.6 Å². The van der Waals surface area contributed by atoms with E-state index < -0.39 is 0 Å². The van der Waals surface area contributed by atoms with E-state index in [2.05, 4.69) is 5.32 Å². The number of likely N-dealkylation sites (tertiary alicyclic amines) is 1. The minimum Gasteiger partial charge on any atom is -0.490 e. The first-order valence-electron chi connectivity index (χ1n) is 8.54. The molecule has 2 heterocycles. The van der Waals surface area contributed by atoms with Gasteiger partial charge in [-0.3, -0.25) is 4.79 Å². The molecule has 2 aliphatic rings. The maximum atomic E-state index is 12.3. The summed E-state index contributed by atoms with van der Waals surface area (Å²) in [6.07, 6.45) is 6.25. The molecule has 1 unspecified atom stereocenters. The van der Waals surface area contributed by atoms with E-state index in [1.54, 1.807) is 0 Å². The summed E-state index contributed by atoms with van der Waals surface area (Å²) < 4.78 is 5.98. The lowest BCUT2D eigenvalue weighted by Gasteiger charge is -2.32. The van der Waals surface area contributed by atoms with Crippen LogP contribution in [-0.4, -0.2) is 42.6 Å². The Balaban J connectivity index is 0.00000192. The number of amides is 1. The van der Waals surface area contributed by atoms with Gasteiger partial charge in [-0.2, -0.15) is 0 Å². The number of rotatable bonds is 5. The molecule has 0 aromatic heterocycles. The molecule has 128 valence electrons. The molecule has 5 heteroatoms. The average Bonchev–Trinajstić information content (AvgIpc) is 3.08. The second kappa shape index (κ2) is 9.14. The fraction of sp³-hybridized carbons (Fsp3) is 0.611. The van der Waals surface area contributed by atoms with Crippen molar-refractivity contribution in [3.05, 3.63) is 30.3 Å². The van der Waals surface area contributed by atoms with Gasteiger partial charge in [0.05, 0.1) is 0 Å². The summed E-state index contributed by atoms with van der Waals surface area (Å²) in [5.74, 6) is 1.24. The number of hydrogen-bond acceptors (Lipinski definition) is 3. The zero-order chi connectivity index (χ0) is 15.2. The summed E-state index contributed by atoms with van der Waals surface area (Å²) in [4.78, 5) is 14.3. The maximum absolute atomic E-state index is 12.3. The molecule has 0 saturated carbocycles. The molecule has 1 N–H and O–H groups in total. The molecular weight excluding hydrogens is 312 g/mol. The lowest BCUT2D eigenvalue weighted by Crippen LogP contribution is -2.42. The first kappa shape index (κ1) is 18.1. The van der Waals surface area contributed by atoms with Crippen LogP contribution in [0.2, 0.25) is 0 Å². The summed E-state index contributed by atoms with van der Waals surface area (Å²) in [5.41, 5.74) is 0. The Hall–Kier alpha value is -1.26. The van der Waals surface area contributed by atoms with E-state index in [0.29, 0.717) is 18.4 Å². The second-order valence-electron chi connectivity index (χ2n) is 6.34. The van der Waals surface area contributed by atoms with E-state index in [1.807, 2.05) is 35.2 Å². The summed E-state index contributed by atoms with van der Waals surface area (Å²) in [6, 6.07) is 10.5. The Morgan fingerprint density at radius 3 is 2.57 bits per heavy atom. The van der Waals surface area contributed by atoms with E-state index in [0.717, 1.165) is 44.6 Å². The molecule has 3 rings (SSSR count). The van der Waals surface area contributed by atoms with E-state index in [1.165, 1.54) is 12.8 Å². The van der Waals surface area contributed by atoms with E-state index in [-0.39, 0.29) is 18.5 Å². The highest BCUT2D eigenvalue weighted by Crippen LogP contribution is 2.20. The Kier molecular flexibility index (Phi) is 7.18. The van der Waals surface area contributed by atoms with Gasteiger partial charge in [0, 0.05) is 38.4 Å². The van der Waals surface area contributed by atoms with Crippen molar-refractivity contribution in [2.45, 2.75) is 50.7 Å². The Morgan fingerprint density at radius 1 is 1.17 bits per heavy atom. The van der Waals surface area contributed by atoms with Crippen LogP contribution in [0.4, 0.5) is 0 Å². The van der Waals surface area contributed by atoms with Crippen molar-refractivity contribution >= 4 is 18.3 Å². The minimum atomic E-state index is 0. The summed E-state index contributed by atoms with van der Waals surface area (Å²) in [5, 5.41) is 3.46. The van der Waals surface area contributed by atoms with Gasteiger partial charge in [0.25, 0.3) is 0 Å². The predicted molar refractivity (Wildman–Crippen MR) is 94.2 cm³/mol. The number of carbonyl (C=O) groups excluding carboxylic acids is 1. The molecule has 0 aliphatic carbocycles. The number of hydrogen-bond donors (Lipinski definition) is 1. The van der Waals surface area contributed by atoms with Gasteiger partial charge in [0.15, 0.2) is 0 Å². The third-order valence-electron chi connectivity index (χ3n) is 4.71. The summed E-state index contributed by atoms with van der Waals surface area (Å²) >= 11 is 0. The van der Waals surface area contributed by atoms with E-state index >= 15 is 0 Å². The molecule has 1 amide bonds. The smallest absolute Gasteiger partial charge is 0.222 e. The topological polar surface area (TPSA) is 41.6 Å². The lowest BCUT2D eigenvalue weighted by molar-refractivity contribution is -0.133. The molecule has 0 spiro atoms. The summed E-state index contributed by atoms with van der Waals surface area (Å²) in [7, 11) is 0. The molecule has 0 bridgehead atoms. The van der Waals surface area contributed by atoms with Crippen LogP contribution in [0.15, 0.2) is 30.3 Å². The van der Waals surface area contributed by atoms with E-state index in [9.17, 15) is 4.79 Å². The SMILES string of the molecule is Cl.O=C(CCC1CCCN1)N1CCC(Oc2ccccc2)CC1. The molecule has 4 nitrogen and oxygen atoms in total. The van der Waals surface area contributed by atoms with Crippen molar-refractivity contribution in [1.29, 1.82) is 0 Å². The highest BCUT2D eigenvalue weighted by Gasteiger charge is 2.24. The van der Waals surface area contributed by atoms with Crippen LogP contribution in [0.3, 0.4) is 0 Å². The van der Waals surface area contributed by atoms with Gasteiger partial charge in [0.2, 0.25) is 5.91 Å². The number of para-hydroxylation sites is 1. The Bertz CT molecular complexity index is 469. The number of halogens is 1. The molecule has 2 saturated heterocycles. The molecule has 1 aromatic carbocycles. The number of piperidine rings is 1. The van der Waals surface area contributed by atoms with Crippen molar-refractivity contribution in [3.8, 4) is 5.75 Å². The minimum absolute atomic E-state index is 0. The number of nitrogens with one attached hydrogen (secondary N) is 1. The van der Waals surface area contributed by atoms with Gasteiger partial charge in [-0.15, -0.1) is 12.4 Å². The fourth-order valence-electron chi connectivity index (χ4n) is 3.37. The number of benzene rings is 1. The maximum Gasteiger partial charge on any atom is 0.222 e. The highest BCUT2D eigenvalue weighted by molar-refractivity contribution is 5.85. The van der Waals surface area contributed by atoms with Crippen LogP contribution in [0.5, 0.6) is 5.75 Å². The van der Waals surface area contributed by atoms with E-state index in [4.69, 9.17) is 4.74 Å². The third-order valence-corrected chi connectivity index (χ3v) is 4.71. The normalized spacial score (nSPS) is 21.7. The van der Waals surface area contributed by atoms with Crippen LogP contribution < -0.4 is 10.1 Å². The molecule has 1 atom stereocenters. The van der Waals surface area contributed by atoms with Gasteiger partial charge in [-0.05, 0) is 37.9 Å². The second-order valence-corrected chi connectivity index (χ2v) is 6.34.